The molecule has 2 aromatic carbocycles. The molecule has 3 heteroatoms. The van der Waals surface area contributed by atoms with Gasteiger partial charge in [-0.25, -0.2) is 0 Å². The molecule has 17 heavy (non-hydrogen) atoms. The van der Waals surface area contributed by atoms with Crippen LogP contribution in [-0.2, 0) is 0 Å². The predicted molar refractivity (Wildman–Crippen MR) is 71.7 cm³/mol. The summed E-state index contributed by atoms with van der Waals surface area (Å²) in [6.07, 6.45) is -0.749. The second kappa shape index (κ2) is 5.09. The average Bonchev–Trinajstić information content (AvgIpc) is 2.27. The highest BCUT2D eigenvalue weighted by Gasteiger charge is 2.14. The van der Waals surface area contributed by atoms with Crippen LogP contribution in [0.2, 0.25) is 10.0 Å². The van der Waals surface area contributed by atoms with E-state index in [1.54, 1.807) is 12.1 Å². The molecule has 0 aliphatic heterocycles. The van der Waals surface area contributed by atoms with E-state index in [2.05, 4.69) is 0 Å². The van der Waals surface area contributed by atoms with Gasteiger partial charge < -0.3 is 5.11 Å². The quantitative estimate of drug-likeness (QED) is 0.855. The van der Waals surface area contributed by atoms with Gasteiger partial charge in [0.15, 0.2) is 0 Å². The number of hydrogen-bond acceptors (Lipinski definition) is 1. The maximum Gasteiger partial charge on any atom is 0.106 e. The Hall–Kier alpha value is -1.02. The number of aliphatic hydroxyl groups is 1. The fourth-order valence-electron chi connectivity index (χ4n) is 1.80. The SMILES string of the molecule is Cc1cc(Cl)cc(C(O)c2ccccc2Cl)c1. The van der Waals surface area contributed by atoms with E-state index in [4.69, 9.17) is 23.2 Å². The zero-order valence-electron chi connectivity index (χ0n) is 9.32. The van der Waals surface area contributed by atoms with E-state index in [9.17, 15) is 5.11 Å². The lowest BCUT2D eigenvalue weighted by Gasteiger charge is -2.14. The van der Waals surface area contributed by atoms with Crippen molar-refractivity contribution in [2.75, 3.05) is 0 Å². The monoisotopic (exact) mass is 266 g/mol. The number of benzene rings is 2. The van der Waals surface area contributed by atoms with Crippen molar-refractivity contribution in [2.45, 2.75) is 13.0 Å². The molecule has 1 unspecified atom stereocenters. The third kappa shape index (κ3) is 2.81. The van der Waals surface area contributed by atoms with Crippen LogP contribution < -0.4 is 0 Å². The van der Waals surface area contributed by atoms with E-state index < -0.39 is 6.10 Å². The van der Waals surface area contributed by atoms with Gasteiger partial charge >= 0.3 is 0 Å². The van der Waals surface area contributed by atoms with Gasteiger partial charge in [0.05, 0.1) is 0 Å². The summed E-state index contributed by atoms with van der Waals surface area (Å²) < 4.78 is 0. The summed E-state index contributed by atoms with van der Waals surface area (Å²) in [5, 5.41) is 11.4. The normalized spacial score (nSPS) is 12.5. The Morgan fingerprint density at radius 1 is 1.06 bits per heavy atom. The summed E-state index contributed by atoms with van der Waals surface area (Å²) in [7, 11) is 0. The standard InChI is InChI=1S/C14H12Cl2O/c1-9-6-10(8-11(15)7-9)14(17)12-4-2-3-5-13(12)16/h2-8,14,17H,1H3. The van der Waals surface area contributed by atoms with Crippen molar-refractivity contribution in [3.8, 4) is 0 Å². The minimum absolute atomic E-state index is 0.553. The van der Waals surface area contributed by atoms with Crippen LogP contribution in [0.5, 0.6) is 0 Å². The van der Waals surface area contributed by atoms with E-state index in [1.165, 1.54) is 0 Å². The number of rotatable bonds is 2. The van der Waals surface area contributed by atoms with Gasteiger partial charge in [0.25, 0.3) is 0 Å². The highest BCUT2D eigenvalue weighted by atomic mass is 35.5. The predicted octanol–water partition coefficient (Wildman–Crippen LogP) is 4.38. The smallest absolute Gasteiger partial charge is 0.106 e. The molecule has 1 nitrogen and oxygen atoms in total. The van der Waals surface area contributed by atoms with Gasteiger partial charge in [-0.05, 0) is 36.2 Å². The minimum atomic E-state index is -0.749. The highest BCUT2D eigenvalue weighted by Crippen LogP contribution is 2.29. The molecule has 0 saturated carbocycles. The maximum atomic E-state index is 10.3. The van der Waals surface area contributed by atoms with Crippen molar-refractivity contribution in [3.05, 3.63) is 69.2 Å². The van der Waals surface area contributed by atoms with E-state index in [1.807, 2.05) is 37.3 Å². The first-order chi connectivity index (χ1) is 8.08. The van der Waals surface area contributed by atoms with Gasteiger partial charge in [0, 0.05) is 15.6 Å². The highest BCUT2D eigenvalue weighted by molar-refractivity contribution is 6.31. The molecule has 1 atom stereocenters. The lowest BCUT2D eigenvalue weighted by molar-refractivity contribution is 0.220. The summed E-state index contributed by atoms with van der Waals surface area (Å²) in [5.74, 6) is 0. The van der Waals surface area contributed by atoms with Crippen molar-refractivity contribution in [1.29, 1.82) is 0 Å². The fraction of sp³-hybridized carbons (Fsp3) is 0.143. The minimum Gasteiger partial charge on any atom is -0.384 e. The fourth-order valence-corrected chi connectivity index (χ4v) is 2.34. The van der Waals surface area contributed by atoms with Crippen molar-refractivity contribution in [1.82, 2.24) is 0 Å². The zero-order chi connectivity index (χ0) is 12.4. The Balaban J connectivity index is 2.43. The Bertz CT molecular complexity index is 517. The van der Waals surface area contributed by atoms with Crippen LogP contribution in [0.15, 0.2) is 42.5 Å². The van der Waals surface area contributed by atoms with E-state index in [0.29, 0.717) is 15.6 Å². The lowest BCUT2D eigenvalue weighted by atomic mass is 10.00. The summed E-state index contributed by atoms with van der Waals surface area (Å²) in [6.45, 7) is 1.94. The summed E-state index contributed by atoms with van der Waals surface area (Å²) in [6, 6.07) is 12.8. The Kier molecular flexibility index (Phi) is 3.72. The second-order valence-electron chi connectivity index (χ2n) is 3.99. The Labute approximate surface area is 111 Å². The van der Waals surface area contributed by atoms with Crippen LogP contribution in [-0.4, -0.2) is 5.11 Å². The molecule has 1 N–H and O–H groups in total. The van der Waals surface area contributed by atoms with Gasteiger partial charge in [-0.2, -0.15) is 0 Å². The number of aryl methyl sites for hydroxylation is 1. The molecule has 0 bridgehead atoms. The number of hydrogen-bond donors (Lipinski definition) is 1. The van der Waals surface area contributed by atoms with Crippen LogP contribution in [0.25, 0.3) is 0 Å². The molecule has 0 heterocycles. The molecule has 0 fully saturated rings. The Morgan fingerprint density at radius 2 is 1.76 bits per heavy atom. The molecule has 88 valence electrons. The molecule has 0 amide bonds. The van der Waals surface area contributed by atoms with Crippen LogP contribution in [0.4, 0.5) is 0 Å². The van der Waals surface area contributed by atoms with Crippen molar-refractivity contribution in [2.24, 2.45) is 0 Å². The van der Waals surface area contributed by atoms with E-state index in [-0.39, 0.29) is 0 Å². The topological polar surface area (TPSA) is 20.2 Å². The Morgan fingerprint density at radius 3 is 2.41 bits per heavy atom. The van der Waals surface area contributed by atoms with Crippen molar-refractivity contribution in [3.63, 3.8) is 0 Å². The van der Waals surface area contributed by atoms with Crippen molar-refractivity contribution < 1.29 is 5.11 Å². The van der Waals surface area contributed by atoms with Crippen LogP contribution in [0.1, 0.15) is 22.8 Å². The molecule has 0 spiro atoms. The van der Waals surface area contributed by atoms with Gasteiger partial charge in [-0.15, -0.1) is 0 Å². The molecule has 0 aromatic heterocycles. The molecule has 0 aliphatic carbocycles. The molecule has 0 aliphatic rings. The largest absolute Gasteiger partial charge is 0.384 e. The summed E-state index contributed by atoms with van der Waals surface area (Å²) >= 11 is 12.0. The van der Waals surface area contributed by atoms with E-state index in [0.717, 1.165) is 11.1 Å². The molecule has 0 saturated heterocycles. The average molecular weight is 267 g/mol. The van der Waals surface area contributed by atoms with Crippen molar-refractivity contribution >= 4 is 23.2 Å². The third-order valence-corrected chi connectivity index (χ3v) is 3.14. The molecular formula is C14H12Cl2O. The van der Waals surface area contributed by atoms with E-state index >= 15 is 0 Å². The van der Waals surface area contributed by atoms with Crippen LogP contribution >= 0.6 is 23.2 Å². The van der Waals surface area contributed by atoms with Gasteiger partial charge in [0.1, 0.15) is 6.10 Å². The van der Waals surface area contributed by atoms with Gasteiger partial charge in [0.2, 0.25) is 0 Å². The van der Waals surface area contributed by atoms with Crippen LogP contribution in [0, 0.1) is 6.92 Å². The van der Waals surface area contributed by atoms with Gasteiger partial charge in [-0.3, -0.25) is 0 Å². The zero-order valence-corrected chi connectivity index (χ0v) is 10.8. The maximum absolute atomic E-state index is 10.3. The molecular weight excluding hydrogens is 255 g/mol. The number of halogens is 2. The second-order valence-corrected chi connectivity index (χ2v) is 4.83. The third-order valence-electron chi connectivity index (χ3n) is 2.58. The first-order valence-corrected chi connectivity index (χ1v) is 6.03. The number of aliphatic hydroxyl groups excluding tert-OH is 1. The first kappa shape index (κ1) is 12.4. The summed E-state index contributed by atoms with van der Waals surface area (Å²) in [4.78, 5) is 0. The van der Waals surface area contributed by atoms with Gasteiger partial charge in [-0.1, -0.05) is 47.5 Å². The lowest BCUT2D eigenvalue weighted by Crippen LogP contribution is -2.00. The molecule has 0 radical (unpaired) electrons. The first-order valence-electron chi connectivity index (χ1n) is 5.27. The molecule has 2 rings (SSSR count). The molecule has 2 aromatic rings. The summed E-state index contributed by atoms with van der Waals surface area (Å²) in [5.41, 5.74) is 2.46. The van der Waals surface area contributed by atoms with Crippen LogP contribution in [0.3, 0.4) is 0 Å².